The Morgan fingerprint density at radius 1 is 1.32 bits per heavy atom. The fourth-order valence-corrected chi connectivity index (χ4v) is 4.13. The molecule has 2 aliphatic rings. The number of rotatable bonds is 7. The highest BCUT2D eigenvalue weighted by Gasteiger charge is 2.26. The molecule has 2 aliphatic heterocycles. The molecule has 0 saturated carbocycles. The van der Waals surface area contributed by atoms with Crippen molar-refractivity contribution in [2.24, 2.45) is 0 Å². The number of hydrogen-bond acceptors (Lipinski definition) is 8. The van der Waals surface area contributed by atoms with Gasteiger partial charge in [-0.2, -0.15) is 5.26 Å². The Kier molecular flexibility index (Phi) is 7.90. The first-order valence-corrected chi connectivity index (χ1v) is 11.4. The number of aromatic nitrogens is 2. The molecular weight excluding hydrogens is 438 g/mol. The Bertz CT molecular complexity index is 1050. The molecule has 2 amide bonds. The maximum Gasteiger partial charge on any atom is 0.328 e. The topological polar surface area (TPSA) is 119 Å². The number of pyridine rings is 2. The van der Waals surface area contributed by atoms with Crippen LogP contribution < -0.4 is 15.0 Å². The van der Waals surface area contributed by atoms with Gasteiger partial charge in [0.2, 0.25) is 6.29 Å². The minimum atomic E-state index is -0.620. The molecule has 0 aliphatic carbocycles. The molecule has 0 radical (unpaired) electrons. The zero-order valence-corrected chi connectivity index (χ0v) is 19.5. The third kappa shape index (κ3) is 5.44. The van der Waals surface area contributed by atoms with E-state index in [1.165, 1.54) is 20.4 Å². The maximum absolute atomic E-state index is 13.2. The third-order valence-corrected chi connectivity index (χ3v) is 5.90. The number of urea groups is 1. The number of ether oxygens (including phenoxy) is 4. The number of nitrogens with zero attached hydrogens (tertiary/aromatic N) is 4. The summed E-state index contributed by atoms with van der Waals surface area (Å²) in [7, 11) is 3.08. The summed E-state index contributed by atoms with van der Waals surface area (Å²) >= 11 is 0. The van der Waals surface area contributed by atoms with Crippen LogP contribution in [0.15, 0.2) is 24.4 Å². The van der Waals surface area contributed by atoms with Gasteiger partial charge < -0.3 is 18.9 Å². The number of nitriles is 1. The van der Waals surface area contributed by atoms with Crippen LogP contribution in [0, 0.1) is 11.3 Å². The molecule has 180 valence electrons. The molecule has 1 fully saturated rings. The van der Waals surface area contributed by atoms with Gasteiger partial charge in [0.25, 0.3) is 0 Å². The van der Waals surface area contributed by atoms with Crippen LogP contribution in [-0.2, 0) is 20.6 Å². The van der Waals surface area contributed by atoms with Crippen molar-refractivity contribution >= 4 is 17.7 Å². The van der Waals surface area contributed by atoms with E-state index in [-0.39, 0.29) is 12.1 Å². The van der Waals surface area contributed by atoms with Crippen molar-refractivity contribution in [2.75, 3.05) is 44.2 Å². The highest BCUT2D eigenvalue weighted by molar-refractivity contribution is 6.01. The Labute approximate surface area is 198 Å². The average molecular weight is 468 g/mol. The second-order valence-electron chi connectivity index (χ2n) is 8.18. The summed E-state index contributed by atoms with van der Waals surface area (Å²) in [5.74, 6) is 1.22. The summed E-state index contributed by atoms with van der Waals surface area (Å²) in [6.45, 7) is 1.58. The SMILES string of the molecule is COC(OC)c1ccc2c(n1)N(C(=O)Nc1cc(OCC3CCCCO3)c(C#N)cn1)CCC2. The molecule has 2 aromatic heterocycles. The van der Waals surface area contributed by atoms with Crippen molar-refractivity contribution in [1.29, 1.82) is 5.26 Å². The zero-order chi connectivity index (χ0) is 23.9. The first kappa shape index (κ1) is 23.9. The van der Waals surface area contributed by atoms with E-state index in [9.17, 15) is 10.1 Å². The van der Waals surface area contributed by atoms with Crippen LogP contribution in [0.4, 0.5) is 16.4 Å². The largest absolute Gasteiger partial charge is 0.489 e. The maximum atomic E-state index is 13.2. The summed E-state index contributed by atoms with van der Waals surface area (Å²) in [6.07, 6.45) is 5.49. The number of fused-ring (bicyclic) bond motifs is 1. The molecule has 10 nitrogen and oxygen atoms in total. The molecule has 4 rings (SSSR count). The standard InChI is InChI=1S/C24H29N5O5/c1-31-23(32-2)19-9-8-16-6-5-10-29(22(16)27-19)24(30)28-21-12-20(17(13-25)14-26-21)34-15-18-7-3-4-11-33-18/h8-9,12,14,18,23H,3-7,10-11,15H2,1-2H3,(H,26,28,30). The van der Waals surface area contributed by atoms with Crippen molar-refractivity contribution < 1.29 is 23.7 Å². The van der Waals surface area contributed by atoms with Crippen molar-refractivity contribution in [3.63, 3.8) is 0 Å². The van der Waals surface area contributed by atoms with Gasteiger partial charge in [0, 0.05) is 33.4 Å². The molecular formula is C24H29N5O5. The molecule has 0 bridgehead atoms. The van der Waals surface area contributed by atoms with E-state index < -0.39 is 6.29 Å². The van der Waals surface area contributed by atoms with Gasteiger partial charge in [0.15, 0.2) is 0 Å². The minimum Gasteiger partial charge on any atom is -0.489 e. The monoisotopic (exact) mass is 467 g/mol. The highest BCUT2D eigenvalue weighted by Crippen LogP contribution is 2.29. The molecule has 0 aromatic carbocycles. The molecule has 1 saturated heterocycles. The summed E-state index contributed by atoms with van der Waals surface area (Å²) in [4.78, 5) is 23.6. The molecule has 34 heavy (non-hydrogen) atoms. The Morgan fingerprint density at radius 2 is 2.18 bits per heavy atom. The predicted octanol–water partition coefficient (Wildman–Crippen LogP) is 3.57. The van der Waals surface area contributed by atoms with Gasteiger partial charge in [0.1, 0.15) is 35.6 Å². The molecule has 10 heteroatoms. The molecule has 0 spiro atoms. The van der Waals surface area contributed by atoms with Crippen molar-refractivity contribution in [2.45, 2.75) is 44.5 Å². The van der Waals surface area contributed by atoms with Crippen LogP contribution in [0.25, 0.3) is 0 Å². The Morgan fingerprint density at radius 3 is 2.91 bits per heavy atom. The quantitative estimate of drug-likeness (QED) is 0.614. The van der Waals surface area contributed by atoms with Gasteiger partial charge in [0.05, 0.1) is 18.0 Å². The van der Waals surface area contributed by atoms with Gasteiger partial charge >= 0.3 is 6.03 Å². The zero-order valence-electron chi connectivity index (χ0n) is 19.5. The van der Waals surface area contributed by atoms with Gasteiger partial charge in [-0.15, -0.1) is 0 Å². The minimum absolute atomic E-state index is 0.000326. The van der Waals surface area contributed by atoms with Gasteiger partial charge in [-0.25, -0.2) is 14.8 Å². The number of carbonyl (C=O) groups is 1. The number of anilines is 2. The molecule has 1 atom stereocenters. The van der Waals surface area contributed by atoms with Crippen molar-refractivity contribution in [3.8, 4) is 11.8 Å². The number of nitrogens with one attached hydrogen (secondary N) is 1. The first-order valence-electron chi connectivity index (χ1n) is 11.4. The summed E-state index contributed by atoms with van der Waals surface area (Å²) in [6, 6.07) is 7.08. The van der Waals surface area contributed by atoms with Crippen LogP contribution in [0.5, 0.6) is 5.75 Å². The Hall–Kier alpha value is -3.26. The van der Waals surface area contributed by atoms with Crippen LogP contribution in [0.2, 0.25) is 0 Å². The van der Waals surface area contributed by atoms with Crippen LogP contribution in [-0.4, -0.2) is 56.1 Å². The van der Waals surface area contributed by atoms with E-state index in [0.29, 0.717) is 41.8 Å². The number of carbonyl (C=O) groups excluding carboxylic acids is 1. The summed E-state index contributed by atoms with van der Waals surface area (Å²) < 4.78 is 22.2. The lowest BCUT2D eigenvalue weighted by atomic mass is 10.1. The molecule has 2 aromatic rings. The van der Waals surface area contributed by atoms with Gasteiger partial charge in [-0.3, -0.25) is 10.2 Å². The van der Waals surface area contributed by atoms with Gasteiger partial charge in [-0.1, -0.05) is 6.07 Å². The van der Waals surface area contributed by atoms with E-state index in [4.69, 9.17) is 18.9 Å². The molecule has 1 N–H and O–H groups in total. The van der Waals surface area contributed by atoms with Crippen LogP contribution >= 0.6 is 0 Å². The second-order valence-corrected chi connectivity index (χ2v) is 8.18. The fraction of sp³-hybridized carbons (Fsp3) is 0.500. The average Bonchev–Trinajstić information content (AvgIpc) is 2.88. The summed E-state index contributed by atoms with van der Waals surface area (Å²) in [5, 5.41) is 12.2. The first-order chi connectivity index (χ1) is 16.6. The van der Waals surface area contributed by atoms with Crippen molar-refractivity contribution in [1.82, 2.24) is 9.97 Å². The number of hydrogen-bond donors (Lipinski definition) is 1. The highest BCUT2D eigenvalue weighted by atomic mass is 16.7. The van der Waals surface area contributed by atoms with Crippen LogP contribution in [0.1, 0.15) is 48.8 Å². The predicted molar refractivity (Wildman–Crippen MR) is 124 cm³/mol. The van der Waals surface area contributed by atoms with E-state index in [0.717, 1.165) is 44.3 Å². The fourth-order valence-electron chi connectivity index (χ4n) is 4.13. The normalized spacial score (nSPS) is 17.7. The number of methoxy groups -OCH3 is 2. The molecule has 4 heterocycles. The van der Waals surface area contributed by atoms with Gasteiger partial charge in [-0.05, 0) is 43.7 Å². The van der Waals surface area contributed by atoms with E-state index >= 15 is 0 Å². The Balaban J connectivity index is 1.49. The van der Waals surface area contributed by atoms with E-state index in [1.807, 2.05) is 12.1 Å². The number of aryl methyl sites for hydroxylation is 1. The smallest absolute Gasteiger partial charge is 0.328 e. The summed E-state index contributed by atoms with van der Waals surface area (Å²) in [5.41, 5.74) is 1.86. The lowest BCUT2D eigenvalue weighted by molar-refractivity contribution is -0.108. The number of amides is 2. The second kappa shape index (κ2) is 11.2. The van der Waals surface area contributed by atoms with E-state index in [2.05, 4.69) is 21.4 Å². The van der Waals surface area contributed by atoms with Crippen LogP contribution in [0.3, 0.4) is 0 Å². The van der Waals surface area contributed by atoms with Crippen molar-refractivity contribution in [3.05, 3.63) is 41.2 Å². The lowest BCUT2D eigenvalue weighted by Crippen LogP contribution is -2.39. The van der Waals surface area contributed by atoms with E-state index in [1.54, 1.807) is 11.0 Å². The third-order valence-electron chi connectivity index (χ3n) is 5.90. The lowest BCUT2D eigenvalue weighted by Gasteiger charge is -2.29. The molecule has 1 unspecified atom stereocenters.